The van der Waals surface area contributed by atoms with Crippen LogP contribution in [0.25, 0.3) is 0 Å². The topological polar surface area (TPSA) is 68.2 Å². The second kappa shape index (κ2) is 10.7. The highest BCUT2D eigenvalue weighted by molar-refractivity contribution is 7.80. The average Bonchev–Trinajstić information content (AvgIpc) is 3.25. The summed E-state index contributed by atoms with van der Waals surface area (Å²) < 4.78 is 7.12. The molecule has 0 unspecified atom stereocenters. The van der Waals surface area contributed by atoms with Crippen LogP contribution in [0.15, 0.2) is 24.3 Å². The fraction of sp³-hybridized carbons (Fsp3) is 0.423. The third kappa shape index (κ3) is 5.33. The van der Waals surface area contributed by atoms with E-state index in [4.69, 9.17) is 22.1 Å². The SMILES string of the molecule is COC(=O)c1c(NC(=S)Nc2c(C)nn(Cc3ccc(C)cc3)c2C)sc2c1CCCCCC2. The van der Waals surface area contributed by atoms with Crippen molar-refractivity contribution < 1.29 is 9.53 Å². The minimum absolute atomic E-state index is 0.304. The quantitative estimate of drug-likeness (QED) is 0.325. The third-order valence-corrected chi connectivity index (χ3v) is 7.77. The minimum atomic E-state index is -0.304. The zero-order valence-corrected chi connectivity index (χ0v) is 21.9. The number of carbonyl (C=O) groups is 1. The molecule has 0 spiro atoms. The monoisotopic (exact) mass is 496 g/mol. The molecule has 1 aliphatic carbocycles. The molecule has 0 saturated heterocycles. The van der Waals surface area contributed by atoms with Crippen molar-refractivity contribution in [1.82, 2.24) is 9.78 Å². The van der Waals surface area contributed by atoms with Crippen LogP contribution in [-0.2, 0) is 24.1 Å². The summed E-state index contributed by atoms with van der Waals surface area (Å²) in [6, 6.07) is 8.48. The van der Waals surface area contributed by atoms with E-state index in [0.717, 1.165) is 53.3 Å². The van der Waals surface area contributed by atoms with E-state index in [1.165, 1.54) is 36.0 Å². The van der Waals surface area contributed by atoms with Gasteiger partial charge in [-0.2, -0.15) is 5.10 Å². The number of anilines is 2. The van der Waals surface area contributed by atoms with Gasteiger partial charge in [0.2, 0.25) is 0 Å². The first-order valence-electron chi connectivity index (χ1n) is 11.8. The molecule has 8 heteroatoms. The lowest BCUT2D eigenvalue weighted by molar-refractivity contribution is 0.0601. The first kappa shape index (κ1) is 24.4. The van der Waals surface area contributed by atoms with Crippen molar-refractivity contribution in [3.63, 3.8) is 0 Å². The molecule has 180 valence electrons. The normalized spacial score (nSPS) is 13.5. The van der Waals surface area contributed by atoms with Crippen LogP contribution in [0, 0.1) is 20.8 Å². The van der Waals surface area contributed by atoms with Gasteiger partial charge in [-0.3, -0.25) is 4.68 Å². The molecule has 0 bridgehead atoms. The number of nitrogens with zero attached hydrogens (tertiary/aromatic N) is 2. The number of thiophene rings is 1. The molecule has 2 heterocycles. The van der Waals surface area contributed by atoms with Gasteiger partial charge in [0.15, 0.2) is 5.11 Å². The maximum Gasteiger partial charge on any atom is 0.341 e. The Morgan fingerprint density at radius 2 is 1.79 bits per heavy atom. The van der Waals surface area contributed by atoms with Gasteiger partial charge in [0, 0.05) is 4.88 Å². The second-order valence-electron chi connectivity index (χ2n) is 8.88. The highest BCUT2D eigenvalue weighted by Gasteiger charge is 2.25. The van der Waals surface area contributed by atoms with Crippen molar-refractivity contribution in [2.24, 2.45) is 0 Å². The Hall–Kier alpha value is -2.71. The minimum Gasteiger partial charge on any atom is -0.465 e. The Kier molecular flexibility index (Phi) is 7.68. The van der Waals surface area contributed by atoms with Gasteiger partial charge in [-0.05, 0) is 69.8 Å². The van der Waals surface area contributed by atoms with Crippen molar-refractivity contribution in [2.75, 3.05) is 17.7 Å². The lowest BCUT2D eigenvalue weighted by Crippen LogP contribution is -2.21. The smallest absolute Gasteiger partial charge is 0.341 e. The van der Waals surface area contributed by atoms with Crippen LogP contribution < -0.4 is 10.6 Å². The van der Waals surface area contributed by atoms with Crippen LogP contribution in [0.1, 0.15) is 69.0 Å². The molecule has 1 aliphatic rings. The molecule has 1 aromatic carbocycles. The Bertz CT molecular complexity index is 1190. The van der Waals surface area contributed by atoms with Gasteiger partial charge in [0.1, 0.15) is 5.00 Å². The number of benzene rings is 1. The van der Waals surface area contributed by atoms with Crippen molar-refractivity contribution in [1.29, 1.82) is 0 Å². The number of hydrogen-bond donors (Lipinski definition) is 2. The number of aromatic nitrogens is 2. The third-order valence-electron chi connectivity index (χ3n) is 6.36. The van der Waals surface area contributed by atoms with Gasteiger partial charge in [-0.1, -0.05) is 42.7 Å². The Balaban J connectivity index is 1.54. The first-order chi connectivity index (χ1) is 16.4. The van der Waals surface area contributed by atoms with Gasteiger partial charge < -0.3 is 15.4 Å². The van der Waals surface area contributed by atoms with Crippen LogP contribution in [0.3, 0.4) is 0 Å². The summed E-state index contributed by atoms with van der Waals surface area (Å²) in [4.78, 5) is 13.9. The summed E-state index contributed by atoms with van der Waals surface area (Å²) in [7, 11) is 1.44. The maximum atomic E-state index is 12.7. The first-order valence-corrected chi connectivity index (χ1v) is 13.0. The van der Waals surface area contributed by atoms with Crippen LogP contribution in [0.4, 0.5) is 10.7 Å². The average molecular weight is 497 g/mol. The molecule has 4 rings (SSSR count). The van der Waals surface area contributed by atoms with E-state index in [2.05, 4.69) is 41.8 Å². The van der Waals surface area contributed by atoms with E-state index in [0.29, 0.717) is 17.2 Å². The molecule has 0 amide bonds. The van der Waals surface area contributed by atoms with Gasteiger partial charge in [-0.15, -0.1) is 11.3 Å². The lowest BCUT2D eigenvalue weighted by Gasteiger charge is -2.12. The number of hydrogen-bond acceptors (Lipinski definition) is 5. The van der Waals surface area contributed by atoms with E-state index in [-0.39, 0.29) is 5.97 Å². The van der Waals surface area contributed by atoms with Gasteiger partial charge >= 0.3 is 5.97 Å². The molecular weight excluding hydrogens is 464 g/mol. The number of methoxy groups -OCH3 is 1. The summed E-state index contributed by atoms with van der Waals surface area (Å²) >= 11 is 7.29. The van der Waals surface area contributed by atoms with Gasteiger partial charge in [-0.25, -0.2) is 4.79 Å². The zero-order valence-electron chi connectivity index (χ0n) is 20.3. The molecule has 0 radical (unpaired) electrons. The number of ether oxygens (including phenoxy) is 1. The van der Waals surface area contributed by atoms with Crippen LogP contribution in [0.5, 0.6) is 0 Å². The van der Waals surface area contributed by atoms with E-state index in [1.54, 1.807) is 11.3 Å². The van der Waals surface area contributed by atoms with Crippen molar-refractivity contribution in [2.45, 2.75) is 65.8 Å². The molecule has 0 atom stereocenters. The molecule has 0 saturated carbocycles. The molecule has 3 aromatic rings. The Morgan fingerprint density at radius 1 is 1.09 bits per heavy atom. The Morgan fingerprint density at radius 3 is 2.50 bits per heavy atom. The standard InChI is InChI=1S/C26H32N4O2S2/c1-16-11-13-19(14-12-16)15-30-18(3)23(17(2)29-30)27-26(33)28-24-22(25(31)32-4)20-9-7-5-6-8-10-21(20)34-24/h11-14H,5-10,15H2,1-4H3,(H2,27,28,33). The number of thiocarbonyl (C=S) groups is 1. The van der Waals surface area contributed by atoms with Crippen molar-refractivity contribution in [3.8, 4) is 0 Å². The fourth-order valence-electron chi connectivity index (χ4n) is 4.47. The summed E-state index contributed by atoms with van der Waals surface area (Å²) in [6.07, 6.45) is 6.57. The van der Waals surface area contributed by atoms with Crippen LogP contribution >= 0.6 is 23.6 Å². The number of rotatable bonds is 5. The fourth-order valence-corrected chi connectivity index (χ4v) is 6.02. The number of aryl methyl sites for hydroxylation is 3. The van der Waals surface area contributed by atoms with Crippen LogP contribution in [-0.4, -0.2) is 28.0 Å². The lowest BCUT2D eigenvalue weighted by atomic mass is 9.96. The van der Waals surface area contributed by atoms with Crippen LogP contribution in [0.2, 0.25) is 0 Å². The summed E-state index contributed by atoms with van der Waals surface area (Å²) in [5.41, 5.74) is 6.97. The largest absolute Gasteiger partial charge is 0.465 e. The Labute approximate surface area is 210 Å². The molecule has 6 nitrogen and oxygen atoms in total. The molecule has 2 aromatic heterocycles. The van der Waals surface area contributed by atoms with Crippen molar-refractivity contribution >= 4 is 45.3 Å². The predicted octanol–water partition coefficient (Wildman–Crippen LogP) is 6.17. The highest BCUT2D eigenvalue weighted by atomic mass is 32.1. The van der Waals surface area contributed by atoms with E-state index in [9.17, 15) is 4.79 Å². The number of esters is 1. The van der Waals surface area contributed by atoms with Gasteiger partial charge in [0.05, 0.1) is 36.3 Å². The zero-order chi connectivity index (χ0) is 24.2. The maximum absolute atomic E-state index is 12.7. The second-order valence-corrected chi connectivity index (χ2v) is 10.4. The highest BCUT2D eigenvalue weighted by Crippen LogP contribution is 2.37. The summed E-state index contributed by atoms with van der Waals surface area (Å²) in [6.45, 7) is 6.79. The van der Waals surface area contributed by atoms with Crippen molar-refractivity contribution in [3.05, 3.63) is 62.8 Å². The summed E-state index contributed by atoms with van der Waals surface area (Å²) in [5, 5.41) is 12.5. The number of carbonyl (C=O) groups excluding carboxylic acids is 1. The molecule has 34 heavy (non-hydrogen) atoms. The molecular formula is C26H32N4O2S2. The van der Waals surface area contributed by atoms with E-state index >= 15 is 0 Å². The predicted molar refractivity (Wildman–Crippen MR) is 143 cm³/mol. The summed E-state index contributed by atoms with van der Waals surface area (Å²) in [5.74, 6) is -0.304. The number of nitrogens with one attached hydrogen (secondary N) is 2. The van der Waals surface area contributed by atoms with E-state index in [1.807, 2.05) is 18.5 Å². The number of fused-ring (bicyclic) bond motifs is 1. The molecule has 0 aliphatic heterocycles. The van der Waals surface area contributed by atoms with Gasteiger partial charge in [0.25, 0.3) is 0 Å². The van der Waals surface area contributed by atoms with E-state index < -0.39 is 0 Å². The molecule has 2 N–H and O–H groups in total. The molecule has 0 fully saturated rings.